The van der Waals surface area contributed by atoms with Gasteiger partial charge in [-0.25, -0.2) is 9.97 Å². The van der Waals surface area contributed by atoms with Gasteiger partial charge in [-0.15, -0.1) is 0 Å². The predicted molar refractivity (Wildman–Crippen MR) is 85.0 cm³/mol. The fourth-order valence-corrected chi connectivity index (χ4v) is 2.31. The van der Waals surface area contributed by atoms with E-state index in [4.69, 9.17) is 11.6 Å². The van der Waals surface area contributed by atoms with Crippen LogP contribution >= 0.6 is 11.6 Å². The molecule has 0 fully saturated rings. The summed E-state index contributed by atoms with van der Waals surface area (Å²) in [4.78, 5) is 13.0. The van der Waals surface area contributed by atoms with Gasteiger partial charge in [-0.3, -0.25) is 0 Å². The first kappa shape index (κ1) is 13.7. The second-order valence-corrected chi connectivity index (χ2v) is 5.05. The summed E-state index contributed by atoms with van der Waals surface area (Å²) in [5, 5.41) is 0.240. The minimum atomic E-state index is 0.240. The molecule has 3 nitrogen and oxygen atoms in total. The molecule has 0 unspecified atom stereocenters. The van der Waals surface area contributed by atoms with Gasteiger partial charge in [0.05, 0.1) is 0 Å². The van der Waals surface area contributed by atoms with E-state index in [0.29, 0.717) is 18.1 Å². The smallest absolute Gasteiger partial charge is 0.213 e. The predicted octanol–water partition coefficient (Wildman–Crippen LogP) is 4.02. The minimum absolute atomic E-state index is 0.240. The molecule has 0 aliphatic heterocycles. The lowest BCUT2D eigenvalue weighted by Gasteiger charge is -2.06. The van der Waals surface area contributed by atoms with Crippen molar-refractivity contribution in [3.05, 3.63) is 83.2 Å². The molecule has 2 aromatic rings. The van der Waals surface area contributed by atoms with E-state index in [0.717, 1.165) is 17.6 Å². The number of hydrogen-bond acceptors (Lipinski definition) is 3. The van der Waals surface area contributed by atoms with Gasteiger partial charge in [-0.05, 0) is 23.6 Å². The molecule has 0 amide bonds. The zero-order valence-electron chi connectivity index (χ0n) is 11.4. The highest BCUT2D eigenvalue weighted by Crippen LogP contribution is 2.19. The molecule has 0 spiro atoms. The molecule has 1 aliphatic carbocycles. The van der Waals surface area contributed by atoms with E-state index in [9.17, 15) is 0 Å². The van der Waals surface area contributed by atoms with Crippen LogP contribution in [-0.4, -0.2) is 15.0 Å². The van der Waals surface area contributed by atoms with Crippen molar-refractivity contribution < 1.29 is 0 Å². The van der Waals surface area contributed by atoms with Crippen LogP contribution in [0.1, 0.15) is 23.6 Å². The molecule has 1 aromatic carbocycles. The van der Waals surface area contributed by atoms with Gasteiger partial charge in [0.1, 0.15) is 5.82 Å². The number of aromatic nitrogens is 3. The molecule has 1 aromatic heterocycles. The first-order valence-corrected chi connectivity index (χ1v) is 7.16. The molecule has 21 heavy (non-hydrogen) atoms. The van der Waals surface area contributed by atoms with Gasteiger partial charge in [0.2, 0.25) is 5.28 Å². The summed E-state index contributed by atoms with van der Waals surface area (Å²) in [6, 6.07) is 10.1. The third-order valence-corrected chi connectivity index (χ3v) is 3.31. The topological polar surface area (TPSA) is 38.7 Å². The van der Waals surface area contributed by atoms with Crippen LogP contribution in [0, 0.1) is 0 Å². The third kappa shape index (κ3) is 3.64. The number of halogens is 1. The van der Waals surface area contributed by atoms with Crippen molar-refractivity contribution in [3.63, 3.8) is 0 Å². The molecular formula is C17H14ClN3. The first-order valence-electron chi connectivity index (χ1n) is 6.78. The molecular weight excluding hydrogens is 282 g/mol. The van der Waals surface area contributed by atoms with Crippen molar-refractivity contribution in [2.45, 2.75) is 12.8 Å². The number of benzene rings is 1. The molecule has 0 saturated heterocycles. The Morgan fingerprint density at radius 2 is 1.81 bits per heavy atom. The van der Waals surface area contributed by atoms with E-state index >= 15 is 0 Å². The summed E-state index contributed by atoms with van der Waals surface area (Å²) in [5.74, 6) is 1.34. The fourth-order valence-electron chi connectivity index (χ4n) is 2.14. The van der Waals surface area contributed by atoms with Crippen molar-refractivity contribution in [2.24, 2.45) is 0 Å². The number of rotatable bonds is 3. The fraction of sp³-hybridized carbons (Fsp3) is 0.118. The summed E-state index contributed by atoms with van der Waals surface area (Å²) in [6.07, 6.45) is 11.5. The number of allylic oxidation sites excluding steroid dienone is 6. The maximum Gasteiger partial charge on any atom is 0.226 e. The van der Waals surface area contributed by atoms with Gasteiger partial charge >= 0.3 is 0 Å². The molecule has 0 saturated carbocycles. The van der Waals surface area contributed by atoms with E-state index in [1.54, 1.807) is 0 Å². The van der Waals surface area contributed by atoms with Gasteiger partial charge in [-0.2, -0.15) is 4.98 Å². The van der Waals surface area contributed by atoms with Crippen molar-refractivity contribution in [2.75, 3.05) is 0 Å². The molecule has 1 aliphatic rings. The van der Waals surface area contributed by atoms with Gasteiger partial charge in [0.15, 0.2) is 5.82 Å². The number of hydrogen-bond donors (Lipinski definition) is 0. The standard InChI is InChI=1S/C17H14ClN3/c18-17-20-15(12-13-8-4-3-5-9-13)19-16(21-17)14-10-6-1-2-7-11-14/h1-10H,11-12H2. The summed E-state index contributed by atoms with van der Waals surface area (Å²) < 4.78 is 0. The van der Waals surface area contributed by atoms with Crippen LogP contribution in [0.4, 0.5) is 0 Å². The van der Waals surface area contributed by atoms with Gasteiger partial charge in [0.25, 0.3) is 0 Å². The van der Waals surface area contributed by atoms with E-state index in [2.05, 4.69) is 21.0 Å². The largest absolute Gasteiger partial charge is 0.226 e. The molecule has 0 radical (unpaired) electrons. The maximum absolute atomic E-state index is 6.05. The average Bonchev–Trinajstić information content (AvgIpc) is 2.77. The maximum atomic E-state index is 6.05. The van der Waals surface area contributed by atoms with Crippen molar-refractivity contribution in [1.82, 2.24) is 15.0 Å². The molecule has 0 N–H and O–H groups in total. The zero-order valence-corrected chi connectivity index (χ0v) is 12.2. The van der Waals surface area contributed by atoms with E-state index in [-0.39, 0.29) is 5.28 Å². The highest BCUT2D eigenvalue weighted by atomic mass is 35.5. The van der Waals surface area contributed by atoms with Crippen LogP contribution in [0.25, 0.3) is 5.57 Å². The second-order valence-electron chi connectivity index (χ2n) is 4.72. The van der Waals surface area contributed by atoms with Gasteiger partial charge in [-0.1, -0.05) is 60.7 Å². The molecule has 1 heterocycles. The first-order chi connectivity index (χ1) is 10.3. The Hall–Kier alpha value is -2.26. The Morgan fingerprint density at radius 3 is 2.67 bits per heavy atom. The van der Waals surface area contributed by atoms with Crippen LogP contribution in [0.15, 0.2) is 60.7 Å². The van der Waals surface area contributed by atoms with E-state index < -0.39 is 0 Å². The van der Waals surface area contributed by atoms with E-state index in [1.165, 1.54) is 0 Å². The van der Waals surface area contributed by atoms with Crippen LogP contribution in [-0.2, 0) is 6.42 Å². The second kappa shape index (κ2) is 6.46. The molecule has 4 heteroatoms. The normalized spacial score (nSPS) is 13.9. The Morgan fingerprint density at radius 1 is 0.952 bits per heavy atom. The molecule has 104 valence electrons. The van der Waals surface area contributed by atoms with Crippen molar-refractivity contribution in [1.29, 1.82) is 0 Å². The monoisotopic (exact) mass is 295 g/mol. The lowest BCUT2D eigenvalue weighted by atomic mass is 10.1. The lowest BCUT2D eigenvalue weighted by Crippen LogP contribution is -2.04. The zero-order chi connectivity index (χ0) is 14.5. The summed E-state index contributed by atoms with van der Waals surface area (Å²) in [7, 11) is 0. The Bertz CT molecular complexity index is 718. The highest BCUT2D eigenvalue weighted by molar-refractivity contribution is 6.28. The average molecular weight is 296 g/mol. The highest BCUT2D eigenvalue weighted by Gasteiger charge is 2.09. The van der Waals surface area contributed by atoms with Crippen LogP contribution in [0.3, 0.4) is 0 Å². The quantitative estimate of drug-likeness (QED) is 0.858. The van der Waals surface area contributed by atoms with Crippen molar-refractivity contribution >= 4 is 17.2 Å². The third-order valence-electron chi connectivity index (χ3n) is 3.14. The van der Waals surface area contributed by atoms with E-state index in [1.807, 2.05) is 54.6 Å². The minimum Gasteiger partial charge on any atom is -0.213 e. The Kier molecular flexibility index (Phi) is 4.22. The summed E-state index contributed by atoms with van der Waals surface area (Å²) in [5.41, 5.74) is 2.19. The molecule has 0 atom stereocenters. The van der Waals surface area contributed by atoms with Crippen LogP contribution < -0.4 is 0 Å². The van der Waals surface area contributed by atoms with Crippen molar-refractivity contribution in [3.8, 4) is 0 Å². The van der Waals surface area contributed by atoms with Gasteiger partial charge in [0, 0.05) is 12.0 Å². The Balaban J connectivity index is 1.91. The SMILES string of the molecule is Clc1nc(Cc2ccccc2)nc(C2=CC=CC=CC2)n1. The van der Waals surface area contributed by atoms with Gasteiger partial charge < -0.3 is 0 Å². The summed E-state index contributed by atoms with van der Waals surface area (Å²) in [6.45, 7) is 0. The summed E-state index contributed by atoms with van der Waals surface area (Å²) >= 11 is 6.05. The number of nitrogens with zero attached hydrogens (tertiary/aromatic N) is 3. The van der Waals surface area contributed by atoms with Crippen LogP contribution in [0.5, 0.6) is 0 Å². The molecule has 0 bridgehead atoms. The lowest BCUT2D eigenvalue weighted by molar-refractivity contribution is 0.899. The van der Waals surface area contributed by atoms with Crippen LogP contribution in [0.2, 0.25) is 5.28 Å². The molecule has 3 rings (SSSR count). The Labute approximate surface area is 128 Å².